The second-order valence-corrected chi connectivity index (χ2v) is 5.69. The molecule has 0 radical (unpaired) electrons. The highest BCUT2D eigenvalue weighted by Gasteiger charge is 2.16. The number of nitro groups is 1. The van der Waals surface area contributed by atoms with E-state index in [1.165, 1.54) is 30.3 Å². The van der Waals surface area contributed by atoms with Crippen molar-refractivity contribution in [3.8, 4) is 12.1 Å². The summed E-state index contributed by atoms with van der Waals surface area (Å²) in [4.78, 5) is 24.9. The highest BCUT2D eigenvalue weighted by Crippen LogP contribution is 2.21. The van der Waals surface area contributed by atoms with Gasteiger partial charge in [-0.15, -0.1) is 0 Å². The molecule has 9 nitrogen and oxygen atoms in total. The van der Waals surface area contributed by atoms with Crippen molar-refractivity contribution in [1.82, 2.24) is 0 Å². The monoisotopic (exact) mass is 355 g/mol. The van der Waals surface area contributed by atoms with Gasteiger partial charge in [-0.05, 0) is 12.1 Å². The van der Waals surface area contributed by atoms with E-state index in [0.29, 0.717) is 10.7 Å². The molecule has 0 aliphatic heterocycles. The van der Waals surface area contributed by atoms with Crippen LogP contribution in [0.4, 0.5) is 17.2 Å². The number of benzene rings is 1. The Bertz CT molecular complexity index is 932. The van der Waals surface area contributed by atoms with E-state index in [1.54, 1.807) is 0 Å². The lowest BCUT2D eigenvalue weighted by Gasteiger charge is -2.05. The predicted molar refractivity (Wildman–Crippen MR) is 89.3 cm³/mol. The molecule has 1 heterocycles. The summed E-state index contributed by atoms with van der Waals surface area (Å²) in [6.45, 7) is 0. The number of nitrogen functional groups attached to an aromatic ring is 1. The molecule has 0 saturated heterocycles. The maximum Gasteiger partial charge on any atom is 0.289 e. The number of nitrogens with one attached hydrogen (secondary N) is 2. The van der Waals surface area contributed by atoms with Gasteiger partial charge in [-0.1, -0.05) is 17.8 Å². The van der Waals surface area contributed by atoms with Crippen molar-refractivity contribution < 1.29 is 14.7 Å². The van der Waals surface area contributed by atoms with Crippen LogP contribution >= 0.6 is 11.8 Å². The van der Waals surface area contributed by atoms with Crippen LogP contribution in [0.25, 0.3) is 0 Å². The van der Waals surface area contributed by atoms with Gasteiger partial charge in [0, 0.05) is 17.8 Å². The van der Waals surface area contributed by atoms with E-state index < -0.39 is 10.8 Å². The van der Waals surface area contributed by atoms with Crippen molar-refractivity contribution in [3.63, 3.8) is 0 Å². The molecule has 25 heavy (non-hydrogen) atoms. The second-order valence-electron chi connectivity index (χ2n) is 4.71. The van der Waals surface area contributed by atoms with Gasteiger partial charge < -0.3 is 5.32 Å². The Kier molecular flexibility index (Phi) is 5.50. The first-order valence-electron chi connectivity index (χ1n) is 6.77. The zero-order valence-electron chi connectivity index (χ0n) is 12.6. The maximum absolute atomic E-state index is 12.0. The molecule has 0 saturated carbocycles. The minimum Gasteiger partial charge on any atom is -0.325 e. The third-order valence-electron chi connectivity index (χ3n) is 3.00. The molecule has 0 unspecified atom stereocenters. The number of pyridine rings is 1. The van der Waals surface area contributed by atoms with Gasteiger partial charge in [0.1, 0.15) is 23.3 Å². The number of H-pyrrole nitrogens is 1. The van der Waals surface area contributed by atoms with Crippen molar-refractivity contribution in [1.29, 1.82) is 10.5 Å². The number of aromatic amines is 1. The van der Waals surface area contributed by atoms with Gasteiger partial charge in [0.25, 0.3) is 11.5 Å². The van der Waals surface area contributed by atoms with Crippen LogP contribution in [0.5, 0.6) is 0 Å². The van der Waals surface area contributed by atoms with Crippen LogP contribution < -0.4 is 16.0 Å². The molecule has 0 fully saturated rings. The van der Waals surface area contributed by atoms with Crippen LogP contribution in [-0.2, 0) is 4.79 Å². The van der Waals surface area contributed by atoms with E-state index in [0.717, 1.165) is 11.8 Å². The third kappa shape index (κ3) is 4.43. The number of nitrogens with two attached hydrogens (primary N) is 1. The average molecular weight is 355 g/mol. The van der Waals surface area contributed by atoms with E-state index in [1.807, 2.05) is 12.1 Å². The van der Waals surface area contributed by atoms with Gasteiger partial charge in [0.15, 0.2) is 5.03 Å². The lowest BCUT2D eigenvalue weighted by Crippen LogP contribution is -2.19. The average Bonchev–Trinajstić information content (AvgIpc) is 2.60. The normalized spacial score (nSPS) is 9.68. The Morgan fingerprint density at radius 2 is 2.04 bits per heavy atom. The molecule has 0 spiro atoms. The van der Waals surface area contributed by atoms with Crippen molar-refractivity contribution in [2.45, 2.75) is 5.03 Å². The van der Waals surface area contributed by atoms with Crippen LogP contribution in [-0.4, -0.2) is 16.6 Å². The number of anilines is 2. The van der Waals surface area contributed by atoms with Crippen molar-refractivity contribution in [3.05, 3.63) is 51.6 Å². The van der Waals surface area contributed by atoms with Crippen LogP contribution in [0, 0.1) is 32.8 Å². The van der Waals surface area contributed by atoms with Gasteiger partial charge in [0.2, 0.25) is 5.91 Å². The first-order valence-corrected chi connectivity index (χ1v) is 7.76. The minimum atomic E-state index is -0.557. The molecule has 0 bridgehead atoms. The Morgan fingerprint density at radius 1 is 1.32 bits per heavy atom. The highest BCUT2D eigenvalue weighted by molar-refractivity contribution is 7.99. The summed E-state index contributed by atoms with van der Waals surface area (Å²) in [7, 11) is 0. The molecule has 0 atom stereocenters. The summed E-state index contributed by atoms with van der Waals surface area (Å²) in [6.07, 6.45) is 0. The number of hydrogen-bond donors (Lipinski definition) is 2. The van der Waals surface area contributed by atoms with Gasteiger partial charge >= 0.3 is 0 Å². The summed E-state index contributed by atoms with van der Waals surface area (Å²) < 4.78 is 0. The van der Waals surface area contributed by atoms with E-state index >= 15 is 0 Å². The summed E-state index contributed by atoms with van der Waals surface area (Å²) in [5, 5.41) is 31.6. The van der Waals surface area contributed by atoms with Crippen molar-refractivity contribution in [2.24, 2.45) is 0 Å². The number of hydrogen-bond acceptors (Lipinski definition) is 7. The number of amides is 1. The van der Waals surface area contributed by atoms with Gasteiger partial charge in [-0.2, -0.15) is 10.5 Å². The number of nitrogens with zero attached hydrogens (tertiary/aromatic N) is 3. The fourth-order valence-electron chi connectivity index (χ4n) is 1.87. The highest BCUT2D eigenvalue weighted by atomic mass is 32.2. The second kappa shape index (κ2) is 7.77. The van der Waals surface area contributed by atoms with Crippen molar-refractivity contribution >= 4 is 34.9 Å². The van der Waals surface area contributed by atoms with Crippen molar-refractivity contribution in [2.75, 3.05) is 16.8 Å². The fraction of sp³-hybridized carbons (Fsp3) is 0.0667. The zero-order valence-corrected chi connectivity index (χ0v) is 13.5. The molecule has 1 amide bonds. The molecular formula is C15H11N6O3S+. The summed E-state index contributed by atoms with van der Waals surface area (Å²) in [5.41, 5.74) is 6.16. The molecule has 124 valence electrons. The van der Waals surface area contributed by atoms with Gasteiger partial charge in [0.05, 0.1) is 10.7 Å². The minimum absolute atomic E-state index is 0.0563. The Labute approximate surface area is 146 Å². The van der Waals surface area contributed by atoms with E-state index in [4.69, 9.17) is 16.3 Å². The number of rotatable bonds is 5. The topological polar surface area (TPSA) is 160 Å². The van der Waals surface area contributed by atoms with Gasteiger partial charge in [-0.3, -0.25) is 20.6 Å². The fourth-order valence-corrected chi connectivity index (χ4v) is 2.66. The van der Waals surface area contributed by atoms with Crippen LogP contribution in [0.3, 0.4) is 0 Å². The van der Waals surface area contributed by atoms with Crippen LogP contribution in [0.1, 0.15) is 11.1 Å². The molecule has 10 heteroatoms. The summed E-state index contributed by atoms with van der Waals surface area (Å²) in [5.74, 6) is -0.368. The molecule has 1 aromatic heterocycles. The number of thioether (sulfide) groups is 1. The Morgan fingerprint density at radius 3 is 2.68 bits per heavy atom. The van der Waals surface area contributed by atoms with E-state index in [2.05, 4.69) is 10.3 Å². The first-order chi connectivity index (χ1) is 11.9. The first kappa shape index (κ1) is 17.7. The molecule has 2 aromatic rings. The number of non-ortho nitro benzene ring substituents is 1. The zero-order chi connectivity index (χ0) is 18.4. The largest absolute Gasteiger partial charge is 0.325 e. The lowest BCUT2D eigenvalue weighted by molar-refractivity contribution is -0.410. The standard InChI is InChI=1S/C15H10N6O3S/c16-6-9-4-10(7-17)15(20-14(9)18)25-8-13(22)19-11-2-1-3-12(5-11)21(23)24/h1-5H,8H2,(H2,18,20)(H,19,22)/p+1. The molecule has 2 rings (SSSR count). The number of carbonyl (C=O) groups excluding carboxylic acids is 1. The number of aromatic nitrogens is 1. The quantitative estimate of drug-likeness (QED) is 0.466. The number of carbonyl (C=O) groups is 1. The number of nitriles is 2. The van der Waals surface area contributed by atoms with Crippen LogP contribution in [0.2, 0.25) is 0 Å². The van der Waals surface area contributed by atoms with Crippen LogP contribution in [0.15, 0.2) is 35.4 Å². The smallest absolute Gasteiger partial charge is 0.289 e. The predicted octanol–water partition coefficient (Wildman–Crippen LogP) is 1.47. The maximum atomic E-state index is 12.0. The Balaban J connectivity index is 2.07. The van der Waals surface area contributed by atoms with Gasteiger partial charge in [-0.25, -0.2) is 4.98 Å². The summed E-state index contributed by atoms with van der Waals surface area (Å²) in [6, 6.07) is 10.7. The van der Waals surface area contributed by atoms with E-state index in [-0.39, 0.29) is 28.4 Å². The SMILES string of the molecule is N#Cc1cc(C#N)c(SCC(=O)Nc2cccc([N+](=O)[O-])c2)[nH+]c1N. The molecule has 4 N–H and O–H groups in total. The molecule has 0 aliphatic carbocycles. The molecule has 0 aliphatic rings. The Hall–Kier alpha value is -3.63. The lowest BCUT2D eigenvalue weighted by atomic mass is 10.2. The third-order valence-corrected chi connectivity index (χ3v) is 4.02. The summed E-state index contributed by atoms with van der Waals surface area (Å²) >= 11 is 1.03. The van der Waals surface area contributed by atoms with E-state index in [9.17, 15) is 14.9 Å². The molecular weight excluding hydrogens is 344 g/mol. The number of nitro benzene ring substituents is 1. The molecule has 1 aromatic carbocycles.